The van der Waals surface area contributed by atoms with E-state index in [1.54, 1.807) is 0 Å². The topological polar surface area (TPSA) is 0 Å². The molecule has 0 N–H and O–H groups in total. The molecule has 0 heterocycles. The van der Waals surface area contributed by atoms with Crippen LogP contribution in [0.3, 0.4) is 0 Å². The Hall–Kier alpha value is -2.52. The van der Waals surface area contributed by atoms with Crippen molar-refractivity contribution < 1.29 is 0 Å². The molecule has 1 fully saturated rings. The van der Waals surface area contributed by atoms with E-state index in [-0.39, 0.29) is 0 Å². The van der Waals surface area contributed by atoms with E-state index >= 15 is 0 Å². The van der Waals surface area contributed by atoms with Crippen LogP contribution < -0.4 is 0 Å². The monoisotopic (exact) mass is 478 g/mol. The number of benzene rings is 3. The zero-order valence-electron chi connectivity index (χ0n) is 22.8. The highest BCUT2D eigenvalue weighted by atomic mass is 14.3. The Morgan fingerprint density at radius 2 is 1.25 bits per heavy atom. The Kier molecular flexibility index (Phi) is 10.5. The van der Waals surface area contributed by atoms with Gasteiger partial charge in [-0.3, -0.25) is 0 Å². The van der Waals surface area contributed by atoms with E-state index in [2.05, 4.69) is 86.4 Å². The molecule has 0 saturated heterocycles. The molecule has 190 valence electrons. The fourth-order valence-corrected chi connectivity index (χ4v) is 5.91. The minimum atomic E-state index is 0.746. The molecule has 0 unspecified atom stereocenters. The van der Waals surface area contributed by atoms with E-state index < -0.39 is 0 Å². The molecule has 4 rings (SSSR count). The first-order valence-electron chi connectivity index (χ1n) is 14.9. The van der Waals surface area contributed by atoms with Crippen LogP contribution in [-0.4, -0.2) is 0 Å². The summed E-state index contributed by atoms with van der Waals surface area (Å²) >= 11 is 0. The molecule has 0 atom stereocenters. The first kappa shape index (κ1) is 26.5. The lowest BCUT2D eigenvalue weighted by Crippen LogP contribution is -2.13. The Labute approximate surface area is 220 Å². The molecule has 1 saturated carbocycles. The van der Waals surface area contributed by atoms with Crippen LogP contribution in [0.2, 0.25) is 0 Å². The summed E-state index contributed by atoms with van der Waals surface area (Å²) in [7, 11) is 0. The largest absolute Gasteiger partial charge is 0.0654 e. The standard InChI is InChI=1S/C36H46/c1-3-5-7-9-11-29-15-21-33(22-16-29)34-23-17-30(18-24-34)13-14-32-20-26-35-27-31(12-10-8-6-4-2)19-25-36(35)28-32/h17-20,23-29,33H,3-12,15-16,21-22H2,1-2H3/t29-,33-. The molecule has 36 heavy (non-hydrogen) atoms. The van der Waals surface area contributed by atoms with E-state index in [9.17, 15) is 0 Å². The lowest BCUT2D eigenvalue weighted by Gasteiger charge is -2.29. The van der Waals surface area contributed by atoms with Crippen molar-refractivity contribution in [2.45, 2.75) is 110 Å². The lowest BCUT2D eigenvalue weighted by molar-refractivity contribution is 0.302. The zero-order chi connectivity index (χ0) is 25.0. The van der Waals surface area contributed by atoms with Crippen LogP contribution in [0.5, 0.6) is 0 Å². The zero-order valence-corrected chi connectivity index (χ0v) is 22.8. The maximum Gasteiger partial charge on any atom is 0.0255 e. The molecule has 0 amide bonds. The van der Waals surface area contributed by atoms with Crippen molar-refractivity contribution >= 4 is 10.8 Å². The van der Waals surface area contributed by atoms with Crippen molar-refractivity contribution in [3.63, 3.8) is 0 Å². The van der Waals surface area contributed by atoms with E-state index in [0.717, 1.165) is 23.0 Å². The molecule has 0 heteroatoms. The number of hydrogen-bond donors (Lipinski definition) is 0. The highest BCUT2D eigenvalue weighted by Gasteiger charge is 2.21. The quantitative estimate of drug-likeness (QED) is 0.190. The van der Waals surface area contributed by atoms with Gasteiger partial charge in [-0.15, -0.1) is 0 Å². The van der Waals surface area contributed by atoms with Crippen molar-refractivity contribution in [1.82, 2.24) is 0 Å². The Morgan fingerprint density at radius 3 is 2.00 bits per heavy atom. The van der Waals surface area contributed by atoms with Gasteiger partial charge in [0.25, 0.3) is 0 Å². The second kappa shape index (κ2) is 14.3. The van der Waals surface area contributed by atoms with Crippen LogP contribution in [0, 0.1) is 17.8 Å². The average molecular weight is 479 g/mol. The van der Waals surface area contributed by atoms with Crippen molar-refractivity contribution in [3.05, 3.63) is 82.9 Å². The average Bonchev–Trinajstić information content (AvgIpc) is 2.93. The maximum atomic E-state index is 3.40. The third-order valence-electron chi connectivity index (χ3n) is 8.27. The number of rotatable bonds is 11. The second-order valence-electron chi connectivity index (χ2n) is 11.1. The molecular formula is C36H46. The van der Waals surface area contributed by atoms with Crippen LogP contribution >= 0.6 is 0 Å². The number of hydrogen-bond acceptors (Lipinski definition) is 0. The predicted octanol–water partition coefficient (Wildman–Crippen LogP) is 10.6. The van der Waals surface area contributed by atoms with Crippen molar-refractivity contribution in [2.24, 2.45) is 5.92 Å². The van der Waals surface area contributed by atoms with Gasteiger partial charge in [-0.1, -0.05) is 113 Å². The van der Waals surface area contributed by atoms with Gasteiger partial charge >= 0.3 is 0 Å². The number of unbranched alkanes of at least 4 members (excludes halogenated alkanes) is 6. The molecule has 0 radical (unpaired) electrons. The van der Waals surface area contributed by atoms with Gasteiger partial charge in [0.05, 0.1) is 0 Å². The summed E-state index contributed by atoms with van der Waals surface area (Å²) in [6.07, 6.45) is 19.1. The Balaban J connectivity index is 1.29. The summed E-state index contributed by atoms with van der Waals surface area (Å²) in [5.74, 6) is 8.52. The van der Waals surface area contributed by atoms with Crippen LogP contribution in [0.1, 0.15) is 125 Å². The number of fused-ring (bicyclic) bond motifs is 1. The highest BCUT2D eigenvalue weighted by molar-refractivity contribution is 5.84. The molecule has 0 spiro atoms. The van der Waals surface area contributed by atoms with Crippen LogP contribution in [0.15, 0.2) is 60.7 Å². The maximum absolute atomic E-state index is 3.40. The number of aryl methyl sites for hydroxylation is 1. The van der Waals surface area contributed by atoms with Gasteiger partial charge in [0.2, 0.25) is 0 Å². The molecule has 3 aromatic rings. The summed E-state index contributed by atoms with van der Waals surface area (Å²) in [6.45, 7) is 4.57. The summed E-state index contributed by atoms with van der Waals surface area (Å²) in [5.41, 5.74) is 5.18. The molecule has 0 bridgehead atoms. The third-order valence-corrected chi connectivity index (χ3v) is 8.27. The minimum absolute atomic E-state index is 0.746. The Bertz CT molecular complexity index is 1120. The normalized spacial score (nSPS) is 17.6. The van der Waals surface area contributed by atoms with Gasteiger partial charge in [0, 0.05) is 11.1 Å². The molecule has 3 aromatic carbocycles. The van der Waals surface area contributed by atoms with Gasteiger partial charge in [0.1, 0.15) is 0 Å². The first-order chi connectivity index (χ1) is 17.7. The third kappa shape index (κ3) is 8.00. The van der Waals surface area contributed by atoms with Gasteiger partial charge in [0.15, 0.2) is 0 Å². The van der Waals surface area contributed by atoms with Crippen LogP contribution in [0.25, 0.3) is 10.8 Å². The molecule has 0 aromatic heterocycles. The smallest absolute Gasteiger partial charge is 0.0255 e. The van der Waals surface area contributed by atoms with Crippen LogP contribution in [0.4, 0.5) is 0 Å². The van der Waals surface area contributed by atoms with E-state index in [0.29, 0.717) is 0 Å². The molecule has 1 aliphatic carbocycles. The van der Waals surface area contributed by atoms with E-state index in [1.165, 1.54) is 112 Å². The van der Waals surface area contributed by atoms with Crippen molar-refractivity contribution in [2.75, 3.05) is 0 Å². The summed E-state index contributed by atoms with van der Waals surface area (Å²) in [4.78, 5) is 0. The van der Waals surface area contributed by atoms with E-state index in [1.807, 2.05) is 0 Å². The van der Waals surface area contributed by atoms with Crippen LogP contribution in [-0.2, 0) is 6.42 Å². The molecular weight excluding hydrogens is 432 g/mol. The lowest BCUT2D eigenvalue weighted by atomic mass is 9.77. The van der Waals surface area contributed by atoms with Crippen molar-refractivity contribution in [1.29, 1.82) is 0 Å². The SMILES string of the molecule is CCCCCCc1ccc2cc(C#Cc3ccc([C@H]4CC[C@H](CCCCCC)CC4)cc3)ccc2c1. The van der Waals surface area contributed by atoms with Gasteiger partial charge in [-0.25, -0.2) is 0 Å². The summed E-state index contributed by atoms with van der Waals surface area (Å²) in [6, 6.07) is 22.7. The first-order valence-corrected chi connectivity index (χ1v) is 14.9. The van der Waals surface area contributed by atoms with Gasteiger partial charge in [-0.2, -0.15) is 0 Å². The fraction of sp³-hybridized carbons (Fsp3) is 0.500. The summed E-state index contributed by atoms with van der Waals surface area (Å²) in [5, 5.41) is 2.61. The molecule has 1 aliphatic rings. The highest BCUT2D eigenvalue weighted by Crippen LogP contribution is 2.37. The van der Waals surface area contributed by atoms with Crippen molar-refractivity contribution in [3.8, 4) is 11.8 Å². The molecule has 0 aliphatic heterocycles. The van der Waals surface area contributed by atoms with Gasteiger partial charge in [-0.05, 0) is 96.5 Å². The second-order valence-corrected chi connectivity index (χ2v) is 11.1. The Morgan fingerprint density at radius 1 is 0.611 bits per heavy atom. The van der Waals surface area contributed by atoms with Gasteiger partial charge < -0.3 is 0 Å². The molecule has 0 nitrogen and oxygen atoms in total. The fourth-order valence-electron chi connectivity index (χ4n) is 5.91. The van der Waals surface area contributed by atoms with E-state index in [4.69, 9.17) is 0 Å². The predicted molar refractivity (Wildman–Crippen MR) is 158 cm³/mol. The summed E-state index contributed by atoms with van der Waals surface area (Å²) < 4.78 is 0. The minimum Gasteiger partial charge on any atom is -0.0654 e.